The minimum Gasteiger partial charge on any atom is -0.444 e. The van der Waals surface area contributed by atoms with Crippen molar-refractivity contribution in [1.29, 1.82) is 0 Å². The van der Waals surface area contributed by atoms with Gasteiger partial charge in [-0.3, -0.25) is 0 Å². The van der Waals surface area contributed by atoms with E-state index in [0.717, 1.165) is 25.8 Å². The summed E-state index contributed by atoms with van der Waals surface area (Å²) in [7, 11) is 0. The summed E-state index contributed by atoms with van der Waals surface area (Å²) in [6.07, 6.45) is 2.38. The molecule has 1 fully saturated rings. The SMILES string of the molecule is CC(C)(C)OC(=O)N1CCCC(N)(Cc2ccccc2)C1. The van der Waals surface area contributed by atoms with Gasteiger partial charge >= 0.3 is 6.09 Å². The van der Waals surface area contributed by atoms with E-state index in [1.54, 1.807) is 4.90 Å². The summed E-state index contributed by atoms with van der Waals surface area (Å²) in [5.41, 5.74) is 6.92. The largest absolute Gasteiger partial charge is 0.444 e. The summed E-state index contributed by atoms with van der Waals surface area (Å²) in [5, 5.41) is 0. The van der Waals surface area contributed by atoms with Crippen LogP contribution in [0, 0.1) is 0 Å². The number of carbonyl (C=O) groups is 1. The Kier molecular flexibility index (Phi) is 4.57. The predicted octanol–water partition coefficient (Wildman–Crippen LogP) is 2.96. The number of rotatable bonds is 2. The lowest BCUT2D eigenvalue weighted by molar-refractivity contribution is 0.0140. The van der Waals surface area contributed by atoms with Crippen molar-refractivity contribution in [3.8, 4) is 0 Å². The minimum absolute atomic E-state index is 0.259. The van der Waals surface area contributed by atoms with E-state index in [1.165, 1.54) is 5.56 Å². The van der Waals surface area contributed by atoms with Crippen LogP contribution < -0.4 is 5.73 Å². The third kappa shape index (κ3) is 4.74. The van der Waals surface area contributed by atoms with Gasteiger partial charge in [0.05, 0.1) is 0 Å². The van der Waals surface area contributed by atoms with Crippen LogP contribution in [0.2, 0.25) is 0 Å². The summed E-state index contributed by atoms with van der Waals surface area (Å²) in [4.78, 5) is 13.9. The quantitative estimate of drug-likeness (QED) is 0.911. The predicted molar refractivity (Wildman–Crippen MR) is 84.1 cm³/mol. The Morgan fingerprint density at radius 1 is 1.33 bits per heavy atom. The first-order valence-corrected chi connectivity index (χ1v) is 7.58. The molecule has 2 N–H and O–H groups in total. The molecule has 1 unspecified atom stereocenters. The normalized spacial score (nSPS) is 23.0. The van der Waals surface area contributed by atoms with Gasteiger partial charge in [0.1, 0.15) is 5.60 Å². The maximum Gasteiger partial charge on any atom is 0.410 e. The molecule has 0 saturated carbocycles. The second kappa shape index (κ2) is 6.06. The standard InChI is InChI=1S/C17H26N2O2/c1-16(2,3)21-15(20)19-11-7-10-17(18,13-19)12-14-8-5-4-6-9-14/h4-6,8-9H,7,10-13,18H2,1-3H3. The van der Waals surface area contributed by atoms with Crippen LogP contribution in [0.3, 0.4) is 0 Å². The molecule has 1 aromatic carbocycles. The van der Waals surface area contributed by atoms with Gasteiger partial charge in [-0.25, -0.2) is 4.79 Å². The van der Waals surface area contributed by atoms with Crippen molar-refractivity contribution in [2.75, 3.05) is 13.1 Å². The number of amides is 1. The second-order valence-electron chi connectivity index (χ2n) is 7.03. The van der Waals surface area contributed by atoms with Crippen molar-refractivity contribution in [1.82, 2.24) is 4.90 Å². The average Bonchev–Trinajstić information content (AvgIpc) is 2.37. The van der Waals surface area contributed by atoms with E-state index in [4.69, 9.17) is 10.5 Å². The Bertz CT molecular complexity index is 481. The molecule has 0 bridgehead atoms. The Balaban J connectivity index is 2.01. The second-order valence-corrected chi connectivity index (χ2v) is 7.03. The van der Waals surface area contributed by atoms with Crippen LogP contribution in [0.1, 0.15) is 39.2 Å². The van der Waals surface area contributed by atoms with Gasteiger partial charge in [-0.1, -0.05) is 30.3 Å². The lowest BCUT2D eigenvalue weighted by Crippen LogP contribution is -2.57. The summed E-state index contributed by atoms with van der Waals surface area (Å²) < 4.78 is 5.45. The molecule has 1 heterocycles. The average molecular weight is 290 g/mol. The molecule has 1 atom stereocenters. The van der Waals surface area contributed by atoms with Crippen LogP contribution in [0.25, 0.3) is 0 Å². The molecule has 1 aliphatic heterocycles. The van der Waals surface area contributed by atoms with Gasteiger partial charge in [-0.05, 0) is 45.6 Å². The highest BCUT2D eigenvalue weighted by Crippen LogP contribution is 2.24. The molecule has 1 saturated heterocycles. The van der Waals surface area contributed by atoms with Crippen molar-refractivity contribution in [2.24, 2.45) is 5.73 Å². The van der Waals surface area contributed by atoms with Crippen LogP contribution in [-0.2, 0) is 11.2 Å². The zero-order chi connectivity index (χ0) is 15.5. The molecule has 2 rings (SSSR count). The lowest BCUT2D eigenvalue weighted by atomic mass is 9.84. The first-order valence-electron chi connectivity index (χ1n) is 7.58. The molecule has 1 aromatic rings. The highest BCUT2D eigenvalue weighted by atomic mass is 16.6. The third-order valence-electron chi connectivity index (χ3n) is 3.66. The topological polar surface area (TPSA) is 55.6 Å². The van der Waals surface area contributed by atoms with E-state index in [-0.39, 0.29) is 11.6 Å². The van der Waals surface area contributed by atoms with Crippen molar-refractivity contribution >= 4 is 6.09 Å². The summed E-state index contributed by atoms with van der Waals surface area (Å²) in [6.45, 7) is 6.93. The van der Waals surface area contributed by atoms with Crippen molar-refractivity contribution in [3.05, 3.63) is 35.9 Å². The van der Waals surface area contributed by atoms with Gasteiger partial charge in [-0.15, -0.1) is 0 Å². The summed E-state index contributed by atoms with van der Waals surface area (Å²) >= 11 is 0. The number of nitrogens with zero attached hydrogens (tertiary/aromatic N) is 1. The molecule has 0 aliphatic carbocycles. The van der Waals surface area contributed by atoms with E-state index >= 15 is 0 Å². The number of benzene rings is 1. The molecule has 4 heteroatoms. The van der Waals surface area contributed by atoms with Crippen molar-refractivity contribution in [2.45, 2.75) is 51.2 Å². The summed E-state index contributed by atoms with van der Waals surface area (Å²) in [5.74, 6) is 0. The third-order valence-corrected chi connectivity index (χ3v) is 3.66. The van der Waals surface area contributed by atoms with Gasteiger partial charge in [0.25, 0.3) is 0 Å². The maximum absolute atomic E-state index is 12.2. The maximum atomic E-state index is 12.2. The van der Waals surface area contributed by atoms with Gasteiger partial charge in [0, 0.05) is 18.6 Å². The highest BCUT2D eigenvalue weighted by molar-refractivity contribution is 5.68. The number of nitrogens with two attached hydrogens (primary N) is 1. The Labute approximate surface area is 127 Å². The molecule has 1 amide bonds. The first kappa shape index (κ1) is 15.8. The number of piperidine rings is 1. The van der Waals surface area contributed by atoms with E-state index in [9.17, 15) is 4.79 Å². The fraction of sp³-hybridized carbons (Fsp3) is 0.588. The molecule has 21 heavy (non-hydrogen) atoms. The van der Waals surface area contributed by atoms with Gasteiger partial charge in [0.15, 0.2) is 0 Å². The monoisotopic (exact) mass is 290 g/mol. The Morgan fingerprint density at radius 2 is 2.00 bits per heavy atom. The van der Waals surface area contributed by atoms with Gasteiger partial charge in [-0.2, -0.15) is 0 Å². The number of carbonyl (C=O) groups excluding carboxylic acids is 1. The van der Waals surface area contributed by atoms with Crippen molar-refractivity contribution in [3.63, 3.8) is 0 Å². The molecule has 4 nitrogen and oxygen atoms in total. The molecule has 0 spiro atoms. The minimum atomic E-state index is -0.467. The van der Waals surface area contributed by atoms with E-state index < -0.39 is 5.60 Å². The first-order chi connectivity index (χ1) is 9.77. The van der Waals surface area contributed by atoms with E-state index in [1.807, 2.05) is 39.0 Å². The van der Waals surface area contributed by atoms with Crippen LogP contribution in [0.15, 0.2) is 30.3 Å². The van der Waals surface area contributed by atoms with Gasteiger partial charge < -0.3 is 15.4 Å². The van der Waals surface area contributed by atoms with Crippen molar-refractivity contribution < 1.29 is 9.53 Å². The molecular formula is C17H26N2O2. The van der Waals surface area contributed by atoms with Crippen LogP contribution in [-0.4, -0.2) is 35.2 Å². The van der Waals surface area contributed by atoms with E-state index in [2.05, 4.69) is 12.1 Å². The van der Waals surface area contributed by atoms with E-state index in [0.29, 0.717) is 6.54 Å². The number of likely N-dealkylation sites (tertiary alicyclic amines) is 1. The highest BCUT2D eigenvalue weighted by Gasteiger charge is 2.35. The molecule has 0 aromatic heterocycles. The number of hydrogen-bond acceptors (Lipinski definition) is 3. The molecular weight excluding hydrogens is 264 g/mol. The van der Waals surface area contributed by atoms with Gasteiger partial charge in [0.2, 0.25) is 0 Å². The number of hydrogen-bond donors (Lipinski definition) is 1. The number of ether oxygens (including phenoxy) is 1. The van der Waals surface area contributed by atoms with Crippen LogP contribution in [0.4, 0.5) is 4.79 Å². The van der Waals surface area contributed by atoms with Crippen LogP contribution >= 0.6 is 0 Å². The molecule has 1 aliphatic rings. The summed E-state index contributed by atoms with van der Waals surface area (Å²) in [6, 6.07) is 10.2. The molecule has 0 radical (unpaired) electrons. The zero-order valence-electron chi connectivity index (χ0n) is 13.3. The van der Waals surface area contributed by atoms with Crippen LogP contribution in [0.5, 0.6) is 0 Å². The fourth-order valence-electron chi connectivity index (χ4n) is 2.79. The Morgan fingerprint density at radius 3 is 2.62 bits per heavy atom. The fourth-order valence-corrected chi connectivity index (χ4v) is 2.79. The zero-order valence-corrected chi connectivity index (χ0v) is 13.3. The molecule has 116 valence electrons. The Hall–Kier alpha value is -1.55. The smallest absolute Gasteiger partial charge is 0.410 e. The lowest BCUT2D eigenvalue weighted by Gasteiger charge is -2.40.